The van der Waals surface area contributed by atoms with Gasteiger partial charge in [-0.2, -0.15) is 0 Å². The minimum atomic E-state index is -0.430. The van der Waals surface area contributed by atoms with E-state index in [1.54, 1.807) is 4.90 Å². The number of amides is 2. The van der Waals surface area contributed by atoms with Crippen molar-refractivity contribution in [3.63, 3.8) is 0 Å². The maximum atomic E-state index is 13.5. The molecule has 0 aromatic heterocycles. The lowest BCUT2D eigenvalue weighted by molar-refractivity contribution is -0.136. The molecular weight excluding hydrogens is 350 g/mol. The maximum absolute atomic E-state index is 13.5. The van der Waals surface area contributed by atoms with Gasteiger partial charge in [-0.05, 0) is 57.1 Å². The van der Waals surface area contributed by atoms with Gasteiger partial charge in [-0.15, -0.1) is 0 Å². The molecule has 1 unspecified atom stereocenters. The Kier molecular flexibility index (Phi) is 4.98. The van der Waals surface area contributed by atoms with Crippen molar-refractivity contribution in [3.05, 3.63) is 35.4 Å². The number of hydrogen-bond donors (Lipinski definition) is 0. The lowest BCUT2D eigenvalue weighted by Gasteiger charge is -2.57. The Balaban J connectivity index is 1.77. The second-order valence-electron chi connectivity index (χ2n) is 9.37. The number of piperidine rings is 1. The summed E-state index contributed by atoms with van der Waals surface area (Å²) >= 11 is 0. The van der Waals surface area contributed by atoms with Crippen molar-refractivity contribution in [1.82, 2.24) is 14.7 Å². The zero-order valence-corrected chi connectivity index (χ0v) is 17.6. The van der Waals surface area contributed by atoms with Gasteiger partial charge in [-0.1, -0.05) is 18.2 Å². The molecule has 0 radical (unpaired) electrons. The molecule has 2 aliphatic heterocycles. The van der Waals surface area contributed by atoms with Crippen molar-refractivity contribution in [2.45, 2.75) is 57.0 Å². The largest absolute Gasteiger partial charge is 0.348 e. The van der Waals surface area contributed by atoms with Crippen molar-refractivity contribution in [3.8, 4) is 0 Å². The van der Waals surface area contributed by atoms with Gasteiger partial charge in [0.2, 0.25) is 5.91 Å². The minimum Gasteiger partial charge on any atom is -0.348 e. The Morgan fingerprint density at radius 2 is 1.82 bits per heavy atom. The molecule has 0 bridgehead atoms. The van der Waals surface area contributed by atoms with Crippen LogP contribution in [-0.4, -0.2) is 71.8 Å². The molecule has 1 saturated heterocycles. The summed E-state index contributed by atoms with van der Waals surface area (Å²) in [6.45, 7) is 7.27. The molecular formula is C23H33N3O2. The number of fused-ring (bicyclic) bond motifs is 1. The van der Waals surface area contributed by atoms with Gasteiger partial charge in [0.15, 0.2) is 0 Å². The lowest BCUT2D eigenvalue weighted by atomic mass is 9.66. The molecule has 1 aromatic carbocycles. The fourth-order valence-electron chi connectivity index (χ4n) is 5.39. The van der Waals surface area contributed by atoms with Crippen LogP contribution in [0.15, 0.2) is 24.3 Å². The van der Waals surface area contributed by atoms with Crippen molar-refractivity contribution >= 4 is 11.8 Å². The first-order valence-electron chi connectivity index (χ1n) is 10.7. The van der Waals surface area contributed by atoms with Crippen molar-refractivity contribution in [1.29, 1.82) is 0 Å². The number of rotatable bonds is 4. The van der Waals surface area contributed by atoms with Crippen LogP contribution in [0, 0.1) is 5.92 Å². The number of likely N-dealkylation sites (tertiary alicyclic amines) is 1. The normalized spacial score (nSPS) is 24.5. The summed E-state index contributed by atoms with van der Waals surface area (Å²) in [6.07, 6.45) is 4.44. The van der Waals surface area contributed by atoms with E-state index in [9.17, 15) is 9.59 Å². The molecule has 1 atom stereocenters. The summed E-state index contributed by atoms with van der Waals surface area (Å²) in [5, 5.41) is 0. The molecule has 2 heterocycles. The maximum Gasteiger partial charge on any atom is 0.254 e. The van der Waals surface area contributed by atoms with Crippen LogP contribution in [-0.2, 0) is 4.79 Å². The predicted molar refractivity (Wildman–Crippen MR) is 110 cm³/mol. The zero-order valence-electron chi connectivity index (χ0n) is 17.6. The first kappa shape index (κ1) is 19.4. The highest BCUT2D eigenvalue weighted by Crippen LogP contribution is 2.48. The Morgan fingerprint density at radius 1 is 1.18 bits per heavy atom. The van der Waals surface area contributed by atoms with Crippen LogP contribution in [0.25, 0.3) is 0 Å². The third-order valence-corrected chi connectivity index (χ3v) is 6.88. The molecule has 28 heavy (non-hydrogen) atoms. The fourth-order valence-corrected chi connectivity index (χ4v) is 5.39. The van der Waals surface area contributed by atoms with E-state index in [0.717, 1.165) is 37.4 Å². The molecule has 1 spiro atoms. The lowest BCUT2D eigenvalue weighted by Crippen LogP contribution is -2.67. The Hall–Kier alpha value is -1.88. The Morgan fingerprint density at radius 3 is 2.39 bits per heavy atom. The number of carbonyl (C=O) groups excluding carboxylic acids is 2. The predicted octanol–water partition coefficient (Wildman–Crippen LogP) is 2.97. The highest BCUT2D eigenvalue weighted by atomic mass is 16.2. The van der Waals surface area contributed by atoms with E-state index < -0.39 is 5.54 Å². The van der Waals surface area contributed by atoms with Crippen LogP contribution < -0.4 is 0 Å². The first-order chi connectivity index (χ1) is 13.3. The van der Waals surface area contributed by atoms with Gasteiger partial charge in [-0.3, -0.25) is 9.59 Å². The van der Waals surface area contributed by atoms with Gasteiger partial charge in [-0.25, -0.2) is 0 Å². The molecule has 5 heteroatoms. The second-order valence-corrected chi connectivity index (χ2v) is 9.37. The van der Waals surface area contributed by atoms with Crippen LogP contribution in [0.5, 0.6) is 0 Å². The molecule has 3 aliphatic rings. The number of carbonyl (C=O) groups is 2. The molecule has 152 valence electrons. The number of hydrogen-bond acceptors (Lipinski definition) is 3. The molecule has 1 aromatic rings. The van der Waals surface area contributed by atoms with Crippen LogP contribution in [0.4, 0.5) is 0 Å². The molecule has 2 fully saturated rings. The number of benzene rings is 1. The van der Waals surface area contributed by atoms with E-state index in [4.69, 9.17) is 0 Å². The molecule has 1 saturated carbocycles. The van der Waals surface area contributed by atoms with Crippen LogP contribution in [0.1, 0.15) is 61.4 Å². The third-order valence-electron chi connectivity index (χ3n) is 6.88. The smallest absolute Gasteiger partial charge is 0.254 e. The summed E-state index contributed by atoms with van der Waals surface area (Å²) in [5.74, 6) is 0.773. The Bertz CT molecular complexity index is 761. The van der Waals surface area contributed by atoms with Crippen molar-refractivity contribution < 1.29 is 9.59 Å². The fraction of sp³-hybridized carbons (Fsp3) is 0.652. The van der Waals surface area contributed by atoms with Gasteiger partial charge >= 0.3 is 0 Å². The summed E-state index contributed by atoms with van der Waals surface area (Å²) in [6, 6.07) is 7.81. The average Bonchev–Trinajstić information content (AvgIpc) is 3.47. The van der Waals surface area contributed by atoms with Gasteiger partial charge in [0, 0.05) is 45.3 Å². The van der Waals surface area contributed by atoms with Crippen LogP contribution >= 0.6 is 0 Å². The topological polar surface area (TPSA) is 43.9 Å². The quantitative estimate of drug-likeness (QED) is 0.803. The molecule has 1 aliphatic carbocycles. The third kappa shape index (κ3) is 3.14. The van der Waals surface area contributed by atoms with Crippen molar-refractivity contribution in [2.75, 3.05) is 33.7 Å². The van der Waals surface area contributed by atoms with E-state index in [1.165, 1.54) is 19.4 Å². The summed E-state index contributed by atoms with van der Waals surface area (Å²) in [4.78, 5) is 33.3. The van der Waals surface area contributed by atoms with Gasteiger partial charge in [0.05, 0.1) is 11.5 Å². The number of nitrogens with zero attached hydrogens (tertiary/aromatic N) is 3. The molecule has 2 amide bonds. The zero-order chi connectivity index (χ0) is 20.1. The molecule has 0 N–H and O–H groups in total. The van der Waals surface area contributed by atoms with Gasteiger partial charge in [0.1, 0.15) is 0 Å². The van der Waals surface area contributed by atoms with Crippen LogP contribution in [0.2, 0.25) is 0 Å². The highest BCUT2D eigenvalue weighted by molar-refractivity contribution is 6.02. The van der Waals surface area contributed by atoms with Gasteiger partial charge < -0.3 is 14.7 Å². The van der Waals surface area contributed by atoms with E-state index >= 15 is 0 Å². The highest BCUT2D eigenvalue weighted by Gasteiger charge is 2.56. The summed E-state index contributed by atoms with van der Waals surface area (Å²) in [7, 11) is 3.66. The van der Waals surface area contributed by atoms with Gasteiger partial charge in [0.25, 0.3) is 5.91 Å². The van der Waals surface area contributed by atoms with E-state index in [1.807, 2.05) is 38.4 Å². The average molecular weight is 384 g/mol. The monoisotopic (exact) mass is 383 g/mol. The Labute approximate surface area is 168 Å². The van der Waals surface area contributed by atoms with Crippen molar-refractivity contribution in [2.24, 2.45) is 5.92 Å². The molecule has 4 rings (SSSR count). The molecule has 5 nitrogen and oxygen atoms in total. The minimum absolute atomic E-state index is 0.0632. The first-order valence-corrected chi connectivity index (χ1v) is 10.7. The number of likely N-dealkylation sites (N-methyl/N-ethyl adjacent to an activating group) is 1. The van der Waals surface area contributed by atoms with E-state index in [2.05, 4.69) is 23.6 Å². The summed E-state index contributed by atoms with van der Waals surface area (Å²) in [5.41, 5.74) is 1.18. The standard InChI is InChI=1S/C23H33N3O2/c1-16(2)26-21(27)19-8-6-5-7-18(19)20(22(28)24(3)4)23(26)11-13-25(14-12-23)15-17-9-10-17/h5-8,16-17,20H,9-15H2,1-4H3. The van der Waals surface area contributed by atoms with Crippen LogP contribution in [0.3, 0.4) is 0 Å². The SMILES string of the molecule is CC(C)N1C(=O)c2ccccc2C(C(=O)N(C)C)C12CCN(CC1CC1)CC2. The van der Waals surface area contributed by atoms with E-state index in [-0.39, 0.29) is 23.8 Å². The summed E-state index contributed by atoms with van der Waals surface area (Å²) < 4.78 is 0. The second kappa shape index (κ2) is 7.18. The van der Waals surface area contributed by atoms with E-state index in [0.29, 0.717) is 5.56 Å².